The van der Waals surface area contributed by atoms with Gasteiger partial charge in [0.15, 0.2) is 12.4 Å². The molecule has 30 heavy (non-hydrogen) atoms. The van der Waals surface area contributed by atoms with Crippen LogP contribution in [0.15, 0.2) is 23.3 Å². The average Bonchev–Trinajstić information content (AvgIpc) is 3.20. The first kappa shape index (κ1) is 21.1. The molecule has 3 saturated heterocycles. The second-order valence-electron chi connectivity index (χ2n) is 9.21. The molecule has 0 aromatic carbocycles. The molecule has 4 fully saturated rings. The number of esters is 3. The monoisotopic (exact) mass is 420 g/mol. The van der Waals surface area contributed by atoms with Crippen LogP contribution in [-0.4, -0.2) is 42.9 Å². The van der Waals surface area contributed by atoms with E-state index in [0.29, 0.717) is 5.57 Å². The molecule has 0 spiro atoms. The summed E-state index contributed by atoms with van der Waals surface area (Å²) < 4.78 is 27.4. The molecule has 4 rings (SSSR count). The molecule has 8 nitrogen and oxygen atoms in total. The lowest BCUT2D eigenvalue weighted by Gasteiger charge is -2.31. The van der Waals surface area contributed by atoms with Crippen molar-refractivity contribution in [1.29, 1.82) is 0 Å². The lowest BCUT2D eigenvalue weighted by Crippen LogP contribution is -2.38. The number of allylic oxidation sites excluding steroid dienone is 3. The van der Waals surface area contributed by atoms with Crippen LogP contribution in [0.1, 0.15) is 53.4 Å². The first-order valence-corrected chi connectivity index (χ1v) is 10.4. The minimum atomic E-state index is -1.09. The van der Waals surface area contributed by atoms with Gasteiger partial charge in [0.25, 0.3) is 0 Å². The van der Waals surface area contributed by atoms with Gasteiger partial charge in [-0.2, -0.15) is 0 Å². The van der Waals surface area contributed by atoms with Crippen molar-refractivity contribution in [3.8, 4) is 0 Å². The van der Waals surface area contributed by atoms with Gasteiger partial charge in [0.05, 0.1) is 11.8 Å². The number of carbonyl (C=O) groups is 3. The Morgan fingerprint density at radius 1 is 1.07 bits per heavy atom. The molecule has 1 saturated carbocycles. The Kier molecular flexibility index (Phi) is 5.48. The zero-order valence-electron chi connectivity index (χ0n) is 17.7. The van der Waals surface area contributed by atoms with Crippen molar-refractivity contribution in [1.82, 2.24) is 0 Å². The first-order valence-electron chi connectivity index (χ1n) is 10.4. The molecule has 0 aromatic heterocycles. The highest BCUT2D eigenvalue weighted by Crippen LogP contribution is 2.51. The van der Waals surface area contributed by atoms with E-state index in [4.69, 9.17) is 23.7 Å². The zero-order valence-corrected chi connectivity index (χ0v) is 17.7. The van der Waals surface area contributed by atoms with Crippen LogP contribution < -0.4 is 0 Å². The molecule has 0 bridgehead atoms. The maximum atomic E-state index is 12.5. The molecular formula is C22H28O8. The van der Waals surface area contributed by atoms with E-state index in [0.717, 1.165) is 19.3 Å². The van der Waals surface area contributed by atoms with Gasteiger partial charge in [-0.15, -0.1) is 0 Å². The molecule has 3 aliphatic heterocycles. The predicted octanol–water partition coefficient (Wildman–Crippen LogP) is 2.76. The summed E-state index contributed by atoms with van der Waals surface area (Å²) in [5, 5.41) is 0. The standard InChI is InChI=1S/C22H28O8/c1-11(23)26-17-16-15-14(8-7-13-6-5-9-22(3,4)10-13)18(25)28-19(15)29-20(16)30-21(17)27-12(2)24/h7-8,15-17,19-21H,5-6,9-10H2,1-4H3/b13-7+,14-8-/t15-,16-,17-,19+,20+,21-/m0/s1. The second kappa shape index (κ2) is 7.81. The van der Waals surface area contributed by atoms with Gasteiger partial charge in [-0.1, -0.05) is 31.6 Å². The fourth-order valence-corrected chi connectivity index (χ4v) is 4.99. The number of rotatable bonds is 3. The Morgan fingerprint density at radius 2 is 1.80 bits per heavy atom. The number of ether oxygens (including phenoxy) is 5. The number of hydrogen-bond donors (Lipinski definition) is 0. The molecule has 0 unspecified atom stereocenters. The number of carbonyl (C=O) groups excluding carboxylic acids is 3. The third kappa shape index (κ3) is 4.03. The quantitative estimate of drug-likeness (QED) is 0.391. The molecule has 0 radical (unpaired) electrons. The second-order valence-corrected chi connectivity index (χ2v) is 9.21. The fraction of sp³-hybridized carbons (Fsp3) is 0.682. The summed E-state index contributed by atoms with van der Waals surface area (Å²) in [5.74, 6) is -2.53. The molecule has 0 amide bonds. The lowest BCUT2D eigenvalue weighted by atomic mass is 9.75. The largest absolute Gasteiger partial charge is 0.455 e. The van der Waals surface area contributed by atoms with Crippen LogP contribution in [0.5, 0.6) is 0 Å². The summed E-state index contributed by atoms with van der Waals surface area (Å²) in [4.78, 5) is 35.6. The fourth-order valence-electron chi connectivity index (χ4n) is 4.99. The molecule has 0 N–H and O–H groups in total. The van der Waals surface area contributed by atoms with Crippen LogP contribution in [0.4, 0.5) is 0 Å². The van der Waals surface area contributed by atoms with Crippen LogP contribution in [0.25, 0.3) is 0 Å². The summed E-state index contributed by atoms with van der Waals surface area (Å²) in [6.45, 7) is 7.01. The van der Waals surface area contributed by atoms with Crippen molar-refractivity contribution >= 4 is 17.9 Å². The minimum absolute atomic E-state index is 0.250. The van der Waals surface area contributed by atoms with Gasteiger partial charge in [-0.05, 0) is 31.1 Å². The minimum Gasteiger partial charge on any atom is -0.455 e. The Balaban J connectivity index is 1.61. The molecule has 0 aromatic rings. The van der Waals surface area contributed by atoms with Gasteiger partial charge in [-0.25, -0.2) is 4.79 Å². The highest BCUT2D eigenvalue weighted by molar-refractivity contribution is 5.92. The highest BCUT2D eigenvalue weighted by Gasteiger charge is 2.64. The summed E-state index contributed by atoms with van der Waals surface area (Å²) in [6, 6.07) is 0. The van der Waals surface area contributed by atoms with E-state index in [1.807, 2.05) is 6.08 Å². The van der Waals surface area contributed by atoms with E-state index in [1.54, 1.807) is 6.08 Å². The summed E-state index contributed by atoms with van der Waals surface area (Å²) in [7, 11) is 0. The van der Waals surface area contributed by atoms with E-state index in [9.17, 15) is 14.4 Å². The normalized spacial score (nSPS) is 39.5. The van der Waals surface area contributed by atoms with Crippen molar-refractivity contribution in [3.05, 3.63) is 23.3 Å². The number of hydrogen-bond acceptors (Lipinski definition) is 8. The molecular weight excluding hydrogens is 392 g/mol. The van der Waals surface area contributed by atoms with Crippen molar-refractivity contribution in [2.45, 2.75) is 78.4 Å². The van der Waals surface area contributed by atoms with Gasteiger partial charge < -0.3 is 23.7 Å². The predicted molar refractivity (Wildman–Crippen MR) is 102 cm³/mol. The van der Waals surface area contributed by atoms with E-state index in [1.165, 1.54) is 25.8 Å². The molecule has 3 heterocycles. The van der Waals surface area contributed by atoms with Gasteiger partial charge in [0.1, 0.15) is 0 Å². The first-order chi connectivity index (χ1) is 14.1. The maximum Gasteiger partial charge on any atom is 0.336 e. The highest BCUT2D eigenvalue weighted by atomic mass is 16.8. The van der Waals surface area contributed by atoms with Crippen LogP contribution in [0.2, 0.25) is 0 Å². The van der Waals surface area contributed by atoms with E-state index in [-0.39, 0.29) is 5.41 Å². The molecule has 6 atom stereocenters. The van der Waals surface area contributed by atoms with E-state index < -0.39 is 54.7 Å². The molecule has 1 aliphatic carbocycles. The van der Waals surface area contributed by atoms with Crippen LogP contribution in [0, 0.1) is 17.3 Å². The van der Waals surface area contributed by atoms with Crippen molar-refractivity contribution in [3.63, 3.8) is 0 Å². The smallest absolute Gasteiger partial charge is 0.336 e. The number of fused-ring (bicyclic) bond motifs is 3. The van der Waals surface area contributed by atoms with Gasteiger partial charge >= 0.3 is 17.9 Å². The Labute approximate surface area is 175 Å². The van der Waals surface area contributed by atoms with Crippen molar-refractivity contribution in [2.24, 2.45) is 17.3 Å². The lowest BCUT2D eigenvalue weighted by molar-refractivity contribution is -0.244. The Morgan fingerprint density at radius 3 is 2.47 bits per heavy atom. The zero-order chi connectivity index (χ0) is 21.6. The van der Waals surface area contributed by atoms with Crippen molar-refractivity contribution < 1.29 is 38.1 Å². The van der Waals surface area contributed by atoms with Crippen LogP contribution >= 0.6 is 0 Å². The summed E-state index contributed by atoms with van der Waals surface area (Å²) in [5.41, 5.74) is 2.01. The van der Waals surface area contributed by atoms with Crippen molar-refractivity contribution in [2.75, 3.05) is 0 Å². The Hall–Kier alpha value is -2.19. The Bertz CT molecular complexity index is 810. The summed E-state index contributed by atoms with van der Waals surface area (Å²) >= 11 is 0. The summed E-state index contributed by atoms with van der Waals surface area (Å²) in [6.07, 6.45) is 4.53. The molecule has 164 valence electrons. The average molecular weight is 420 g/mol. The van der Waals surface area contributed by atoms with Crippen LogP contribution in [-0.2, 0) is 38.1 Å². The molecule has 8 heteroatoms. The van der Waals surface area contributed by atoms with Gasteiger partial charge in [0.2, 0.25) is 12.6 Å². The van der Waals surface area contributed by atoms with Gasteiger partial charge in [0, 0.05) is 19.4 Å². The maximum absolute atomic E-state index is 12.5. The third-order valence-electron chi connectivity index (χ3n) is 6.16. The SMILES string of the molecule is CC(=O)O[C@H]1O[C@H]2O[C@H]3OC(=O)/C(=C\C=C4/CCCC(C)(C)C4)[C@H]3[C@H]2[C@@H]1OC(C)=O. The topological polar surface area (TPSA) is 97.4 Å². The molecule has 4 aliphatic rings. The van der Waals surface area contributed by atoms with Gasteiger partial charge in [-0.3, -0.25) is 9.59 Å². The van der Waals surface area contributed by atoms with Crippen LogP contribution in [0.3, 0.4) is 0 Å². The van der Waals surface area contributed by atoms with E-state index >= 15 is 0 Å². The third-order valence-corrected chi connectivity index (χ3v) is 6.16. The van der Waals surface area contributed by atoms with E-state index in [2.05, 4.69) is 13.8 Å².